The SMILES string of the molecule is COc1cc(C(Nc2ccccc2)P(=O)(OCCC(C)C)c2ccc(N(C)C)cc2)cc(OC)c1OC. The number of hydrogen-bond acceptors (Lipinski definition) is 7. The first-order chi connectivity index (χ1) is 17.7. The van der Waals surface area contributed by atoms with Crippen LogP contribution in [0.3, 0.4) is 0 Å². The standard InChI is InChI=1S/C29H39N2O5P/c1-21(2)17-18-36-37(32,25-15-13-24(14-16-25)31(3)4)29(30-23-11-9-8-10-12-23)22-19-26(33-5)28(35-7)27(20-22)34-6/h8-16,19-21,29-30H,17-18H2,1-7H3. The molecular weight excluding hydrogens is 487 g/mol. The maximum Gasteiger partial charge on any atom is 0.258 e. The number of nitrogens with one attached hydrogen (secondary N) is 1. The molecular formula is C29H39N2O5P. The molecule has 37 heavy (non-hydrogen) atoms. The number of nitrogens with zero attached hydrogens (tertiary/aromatic N) is 1. The summed E-state index contributed by atoms with van der Waals surface area (Å²) in [6.07, 6.45) is 0.785. The van der Waals surface area contributed by atoms with Crippen molar-refractivity contribution in [2.45, 2.75) is 26.1 Å². The van der Waals surface area contributed by atoms with E-state index in [4.69, 9.17) is 18.7 Å². The van der Waals surface area contributed by atoms with Crippen LogP contribution in [0.5, 0.6) is 17.2 Å². The quantitative estimate of drug-likeness (QED) is 0.253. The number of para-hydroxylation sites is 1. The van der Waals surface area contributed by atoms with Gasteiger partial charge in [-0.1, -0.05) is 32.0 Å². The van der Waals surface area contributed by atoms with Crippen LogP contribution in [0.25, 0.3) is 0 Å². The van der Waals surface area contributed by atoms with Crippen molar-refractivity contribution < 1.29 is 23.3 Å². The van der Waals surface area contributed by atoms with E-state index in [1.54, 1.807) is 21.3 Å². The largest absolute Gasteiger partial charge is 0.493 e. The highest BCUT2D eigenvalue weighted by Crippen LogP contribution is 2.60. The van der Waals surface area contributed by atoms with Crippen LogP contribution in [0.2, 0.25) is 0 Å². The molecule has 200 valence electrons. The molecule has 0 saturated carbocycles. The van der Waals surface area contributed by atoms with Crippen molar-refractivity contribution in [3.8, 4) is 17.2 Å². The van der Waals surface area contributed by atoms with Gasteiger partial charge in [0.15, 0.2) is 11.5 Å². The Bertz CT molecular complexity index is 1160. The van der Waals surface area contributed by atoms with Crippen molar-refractivity contribution in [3.63, 3.8) is 0 Å². The molecule has 7 nitrogen and oxygen atoms in total. The summed E-state index contributed by atoms with van der Waals surface area (Å²) in [6, 6.07) is 21.1. The first-order valence-electron chi connectivity index (χ1n) is 12.4. The summed E-state index contributed by atoms with van der Waals surface area (Å²) in [4.78, 5) is 2.01. The summed E-state index contributed by atoms with van der Waals surface area (Å²) in [6.45, 7) is 4.61. The Balaban J connectivity index is 2.22. The molecule has 0 bridgehead atoms. The van der Waals surface area contributed by atoms with Crippen LogP contribution in [0.1, 0.15) is 31.6 Å². The second-order valence-electron chi connectivity index (χ2n) is 9.40. The lowest BCUT2D eigenvalue weighted by atomic mass is 10.1. The Morgan fingerprint density at radius 1 is 0.865 bits per heavy atom. The highest BCUT2D eigenvalue weighted by atomic mass is 31.2. The molecule has 0 aromatic heterocycles. The summed E-state index contributed by atoms with van der Waals surface area (Å²) in [5.41, 5.74) is 2.53. The van der Waals surface area contributed by atoms with Crippen LogP contribution < -0.4 is 29.7 Å². The maximum absolute atomic E-state index is 15.1. The molecule has 0 heterocycles. The van der Waals surface area contributed by atoms with Crippen LogP contribution in [0.4, 0.5) is 11.4 Å². The maximum atomic E-state index is 15.1. The van der Waals surface area contributed by atoms with E-state index in [-0.39, 0.29) is 0 Å². The predicted octanol–water partition coefficient (Wildman–Crippen LogP) is 6.56. The lowest BCUT2D eigenvalue weighted by Gasteiger charge is -2.31. The highest BCUT2D eigenvalue weighted by molar-refractivity contribution is 7.67. The molecule has 0 aliphatic heterocycles. The van der Waals surface area contributed by atoms with Crippen molar-refractivity contribution in [1.29, 1.82) is 0 Å². The summed E-state index contributed by atoms with van der Waals surface area (Å²) in [5.74, 6) is 1.12. The molecule has 3 aromatic carbocycles. The molecule has 0 spiro atoms. The van der Waals surface area contributed by atoms with E-state index >= 15 is 4.57 Å². The van der Waals surface area contributed by atoms with Gasteiger partial charge >= 0.3 is 0 Å². The van der Waals surface area contributed by atoms with E-state index in [1.807, 2.05) is 85.7 Å². The average Bonchev–Trinajstić information content (AvgIpc) is 2.91. The topological polar surface area (TPSA) is 69.3 Å². The minimum atomic E-state index is -3.54. The third-order valence-electron chi connectivity index (χ3n) is 6.12. The second-order valence-corrected chi connectivity index (χ2v) is 11.9. The zero-order valence-electron chi connectivity index (χ0n) is 22.9. The molecule has 8 heteroatoms. The van der Waals surface area contributed by atoms with Crippen LogP contribution in [0, 0.1) is 5.92 Å². The molecule has 3 rings (SSSR count). The van der Waals surface area contributed by atoms with Crippen molar-refractivity contribution >= 4 is 24.0 Å². The van der Waals surface area contributed by atoms with E-state index in [0.717, 1.165) is 17.8 Å². The molecule has 0 fully saturated rings. The van der Waals surface area contributed by atoms with Gasteiger partial charge in [0.05, 0.1) is 27.9 Å². The monoisotopic (exact) mass is 526 g/mol. The van der Waals surface area contributed by atoms with Gasteiger partial charge in [0, 0.05) is 30.8 Å². The Labute approximate surface area is 221 Å². The number of methoxy groups -OCH3 is 3. The third-order valence-corrected chi connectivity index (χ3v) is 8.82. The third kappa shape index (κ3) is 6.79. The zero-order chi connectivity index (χ0) is 27.0. The van der Waals surface area contributed by atoms with Gasteiger partial charge in [0.25, 0.3) is 7.37 Å². The van der Waals surface area contributed by atoms with Gasteiger partial charge in [-0.05, 0) is 66.4 Å². The van der Waals surface area contributed by atoms with E-state index < -0.39 is 13.2 Å². The Kier molecular flexibility index (Phi) is 9.90. The Morgan fingerprint density at radius 3 is 1.95 bits per heavy atom. The molecule has 0 aliphatic carbocycles. The van der Waals surface area contributed by atoms with Gasteiger partial charge in [-0.2, -0.15) is 0 Å². The summed E-state index contributed by atoms with van der Waals surface area (Å²) < 4.78 is 38.3. The van der Waals surface area contributed by atoms with Crippen LogP contribution in [-0.2, 0) is 9.09 Å². The zero-order valence-corrected chi connectivity index (χ0v) is 23.7. The van der Waals surface area contributed by atoms with E-state index in [1.165, 1.54) is 0 Å². The Hall–Kier alpha value is -3.15. The lowest BCUT2D eigenvalue weighted by Crippen LogP contribution is -2.22. The summed E-state index contributed by atoms with van der Waals surface area (Å²) in [7, 11) is 5.11. The van der Waals surface area contributed by atoms with Gasteiger partial charge in [-0.3, -0.25) is 4.57 Å². The minimum absolute atomic E-state index is 0.363. The van der Waals surface area contributed by atoms with Gasteiger partial charge in [0.2, 0.25) is 5.75 Å². The minimum Gasteiger partial charge on any atom is -0.493 e. The van der Waals surface area contributed by atoms with Crippen LogP contribution in [0.15, 0.2) is 66.7 Å². The van der Waals surface area contributed by atoms with Crippen molar-refractivity contribution in [2.75, 3.05) is 52.2 Å². The number of hydrogen-bond donors (Lipinski definition) is 1. The summed E-state index contributed by atoms with van der Waals surface area (Å²) >= 11 is 0. The second kappa shape index (κ2) is 12.9. The smallest absolute Gasteiger partial charge is 0.258 e. The normalized spacial score (nSPS) is 13.5. The number of ether oxygens (including phenoxy) is 3. The predicted molar refractivity (Wildman–Crippen MR) is 152 cm³/mol. The van der Waals surface area contributed by atoms with Crippen molar-refractivity contribution in [2.24, 2.45) is 5.92 Å². The van der Waals surface area contributed by atoms with Gasteiger partial charge < -0.3 is 29.0 Å². The molecule has 1 N–H and O–H groups in total. The molecule has 0 amide bonds. The van der Waals surface area contributed by atoms with Gasteiger partial charge in [-0.15, -0.1) is 0 Å². The Morgan fingerprint density at radius 2 is 1.46 bits per heavy atom. The van der Waals surface area contributed by atoms with Gasteiger partial charge in [-0.25, -0.2) is 0 Å². The fourth-order valence-electron chi connectivity index (χ4n) is 4.00. The van der Waals surface area contributed by atoms with Gasteiger partial charge in [0.1, 0.15) is 5.78 Å². The molecule has 0 saturated heterocycles. The van der Waals surface area contributed by atoms with E-state index in [9.17, 15) is 0 Å². The number of anilines is 2. The van der Waals surface area contributed by atoms with Crippen LogP contribution >= 0.6 is 7.37 Å². The molecule has 2 unspecified atom stereocenters. The fraction of sp³-hybridized carbons (Fsp3) is 0.379. The molecule has 0 aliphatic rings. The number of rotatable bonds is 13. The van der Waals surface area contributed by atoms with E-state index in [2.05, 4.69) is 19.2 Å². The van der Waals surface area contributed by atoms with E-state index in [0.29, 0.717) is 40.6 Å². The highest BCUT2D eigenvalue weighted by Gasteiger charge is 2.39. The molecule has 2 atom stereocenters. The molecule has 0 radical (unpaired) electrons. The molecule has 3 aromatic rings. The summed E-state index contributed by atoms with van der Waals surface area (Å²) in [5, 5.41) is 4.13. The lowest BCUT2D eigenvalue weighted by molar-refractivity contribution is 0.289. The average molecular weight is 527 g/mol. The first kappa shape index (κ1) is 28.4. The van der Waals surface area contributed by atoms with Crippen LogP contribution in [-0.4, -0.2) is 42.0 Å². The van der Waals surface area contributed by atoms with Crippen molar-refractivity contribution in [3.05, 3.63) is 72.3 Å². The fourth-order valence-corrected chi connectivity index (χ4v) is 6.39. The first-order valence-corrected chi connectivity index (χ1v) is 14.1. The van der Waals surface area contributed by atoms with Crippen molar-refractivity contribution in [1.82, 2.24) is 0 Å². The number of benzene rings is 3.